The van der Waals surface area contributed by atoms with Crippen molar-refractivity contribution in [1.82, 2.24) is 4.98 Å². The number of rotatable bonds is 2. The number of fused-ring (bicyclic) bond motifs is 2. The predicted octanol–water partition coefficient (Wildman–Crippen LogP) is 6.61. The number of nitrogens with one attached hydrogen (secondary N) is 1. The molecule has 2 aromatic carbocycles. The SMILES string of the molecule is c1ccc(-c2cc3cccccc-3c2-c2cc3ccccc3[nH]2)cc1. The fourth-order valence-electron chi connectivity index (χ4n) is 3.63. The normalized spacial score (nSPS) is 11.2. The van der Waals surface area contributed by atoms with Gasteiger partial charge >= 0.3 is 0 Å². The second kappa shape index (κ2) is 5.64. The van der Waals surface area contributed by atoms with E-state index in [2.05, 4.69) is 102 Å². The Labute approximate surface area is 146 Å². The monoisotopic (exact) mass is 319 g/mol. The van der Waals surface area contributed by atoms with Crippen LogP contribution in [0.15, 0.2) is 97.1 Å². The highest BCUT2D eigenvalue weighted by molar-refractivity contribution is 6.00. The van der Waals surface area contributed by atoms with Crippen molar-refractivity contribution < 1.29 is 0 Å². The Balaban J connectivity index is 1.85. The third kappa shape index (κ3) is 2.33. The molecular weight excluding hydrogens is 302 g/mol. The van der Waals surface area contributed by atoms with E-state index in [1.54, 1.807) is 0 Å². The average Bonchev–Trinajstić information content (AvgIpc) is 3.16. The number of aromatic amines is 1. The highest BCUT2D eigenvalue weighted by Crippen LogP contribution is 2.44. The van der Waals surface area contributed by atoms with Crippen molar-refractivity contribution in [2.75, 3.05) is 0 Å². The maximum absolute atomic E-state index is 3.61. The van der Waals surface area contributed by atoms with Crippen molar-refractivity contribution in [3.05, 3.63) is 97.1 Å². The Morgan fingerprint density at radius 2 is 1.20 bits per heavy atom. The lowest BCUT2D eigenvalue weighted by Crippen LogP contribution is -1.81. The molecule has 0 bridgehead atoms. The highest BCUT2D eigenvalue weighted by Gasteiger charge is 2.19. The molecule has 0 atom stereocenters. The maximum Gasteiger partial charge on any atom is 0.0477 e. The van der Waals surface area contributed by atoms with Crippen LogP contribution in [0.25, 0.3) is 44.4 Å². The molecule has 25 heavy (non-hydrogen) atoms. The van der Waals surface area contributed by atoms with E-state index in [0.717, 1.165) is 0 Å². The van der Waals surface area contributed by atoms with Crippen LogP contribution in [0.5, 0.6) is 0 Å². The second-order valence-electron chi connectivity index (χ2n) is 6.35. The molecule has 0 fully saturated rings. The summed E-state index contributed by atoms with van der Waals surface area (Å²) in [4.78, 5) is 3.61. The number of hydrogen-bond acceptors (Lipinski definition) is 0. The topological polar surface area (TPSA) is 15.8 Å². The van der Waals surface area contributed by atoms with Crippen molar-refractivity contribution in [3.8, 4) is 33.5 Å². The Morgan fingerprint density at radius 1 is 0.520 bits per heavy atom. The molecule has 0 spiro atoms. The van der Waals surface area contributed by atoms with Crippen LogP contribution in [-0.2, 0) is 0 Å². The van der Waals surface area contributed by atoms with Crippen LogP contribution in [-0.4, -0.2) is 4.98 Å². The molecule has 0 radical (unpaired) electrons. The Bertz CT molecular complexity index is 1100. The maximum atomic E-state index is 3.61. The van der Waals surface area contributed by atoms with E-state index in [9.17, 15) is 0 Å². The molecule has 0 amide bonds. The first-order valence-corrected chi connectivity index (χ1v) is 8.55. The smallest absolute Gasteiger partial charge is 0.0477 e. The van der Waals surface area contributed by atoms with Gasteiger partial charge in [-0.05, 0) is 40.5 Å². The Hall–Kier alpha value is -3.32. The summed E-state index contributed by atoms with van der Waals surface area (Å²) in [6.07, 6.45) is 0. The van der Waals surface area contributed by atoms with Crippen LogP contribution in [0, 0.1) is 0 Å². The number of hydrogen-bond donors (Lipinski definition) is 1. The number of H-pyrrole nitrogens is 1. The summed E-state index contributed by atoms with van der Waals surface area (Å²) < 4.78 is 0. The van der Waals surface area contributed by atoms with Gasteiger partial charge in [-0.15, -0.1) is 0 Å². The molecule has 2 aliphatic carbocycles. The van der Waals surface area contributed by atoms with Gasteiger partial charge in [0, 0.05) is 22.2 Å². The molecule has 0 unspecified atom stereocenters. The Kier molecular flexibility index (Phi) is 3.17. The number of aromatic nitrogens is 1. The van der Waals surface area contributed by atoms with Crippen LogP contribution >= 0.6 is 0 Å². The van der Waals surface area contributed by atoms with Crippen molar-refractivity contribution >= 4 is 10.9 Å². The van der Waals surface area contributed by atoms with Gasteiger partial charge in [-0.25, -0.2) is 0 Å². The fourth-order valence-corrected chi connectivity index (χ4v) is 3.63. The molecule has 0 saturated carbocycles. The summed E-state index contributed by atoms with van der Waals surface area (Å²) in [7, 11) is 0. The van der Waals surface area contributed by atoms with E-state index in [4.69, 9.17) is 0 Å². The third-order valence-electron chi connectivity index (χ3n) is 4.79. The molecule has 0 aliphatic heterocycles. The summed E-state index contributed by atoms with van der Waals surface area (Å²) in [5.41, 5.74) is 8.66. The van der Waals surface area contributed by atoms with Gasteiger partial charge in [0.25, 0.3) is 0 Å². The molecule has 1 heteroatoms. The molecular formula is C24H17N. The minimum Gasteiger partial charge on any atom is -0.354 e. The quantitative estimate of drug-likeness (QED) is 0.377. The Morgan fingerprint density at radius 3 is 2.00 bits per heavy atom. The van der Waals surface area contributed by atoms with E-state index in [0.29, 0.717) is 0 Å². The van der Waals surface area contributed by atoms with Gasteiger partial charge in [-0.1, -0.05) is 78.9 Å². The third-order valence-corrected chi connectivity index (χ3v) is 4.79. The summed E-state index contributed by atoms with van der Waals surface area (Å²) in [5.74, 6) is 0. The van der Waals surface area contributed by atoms with E-state index in [1.165, 1.54) is 44.4 Å². The van der Waals surface area contributed by atoms with Crippen molar-refractivity contribution in [3.63, 3.8) is 0 Å². The van der Waals surface area contributed by atoms with Gasteiger partial charge in [-0.2, -0.15) is 0 Å². The molecule has 1 heterocycles. The lowest BCUT2D eigenvalue weighted by atomic mass is 10.0. The van der Waals surface area contributed by atoms with Gasteiger partial charge < -0.3 is 4.98 Å². The van der Waals surface area contributed by atoms with Crippen molar-refractivity contribution in [1.29, 1.82) is 0 Å². The number of benzene rings is 2. The summed E-state index contributed by atoms with van der Waals surface area (Å²) in [5, 5.41) is 1.24. The second-order valence-corrected chi connectivity index (χ2v) is 6.35. The first-order chi connectivity index (χ1) is 12.4. The lowest BCUT2D eigenvalue weighted by molar-refractivity contribution is 1.46. The van der Waals surface area contributed by atoms with E-state index in [1.807, 2.05) is 0 Å². The molecule has 3 aromatic rings. The van der Waals surface area contributed by atoms with Gasteiger partial charge in [-0.3, -0.25) is 0 Å². The molecule has 1 nitrogen and oxygen atoms in total. The predicted molar refractivity (Wildman–Crippen MR) is 106 cm³/mol. The van der Waals surface area contributed by atoms with Crippen LogP contribution in [0.1, 0.15) is 0 Å². The summed E-state index contributed by atoms with van der Waals surface area (Å²) >= 11 is 0. The summed E-state index contributed by atoms with van der Waals surface area (Å²) in [6.45, 7) is 0. The van der Waals surface area contributed by atoms with Crippen LogP contribution in [0.2, 0.25) is 0 Å². The van der Waals surface area contributed by atoms with Crippen LogP contribution in [0.3, 0.4) is 0 Å². The highest BCUT2D eigenvalue weighted by atomic mass is 14.7. The number of para-hydroxylation sites is 1. The molecule has 2 aliphatic rings. The van der Waals surface area contributed by atoms with Gasteiger partial charge in [0.2, 0.25) is 0 Å². The average molecular weight is 319 g/mol. The standard InChI is InChI=1S/C24H17N/c1-3-9-17(10-4-1)21-15-18-11-5-2-6-13-20(18)24(21)23-16-19-12-7-8-14-22(19)25-23/h1-16,25H. The molecule has 1 aromatic heterocycles. The van der Waals surface area contributed by atoms with Crippen molar-refractivity contribution in [2.24, 2.45) is 0 Å². The minimum atomic E-state index is 1.17. The summed E-state index contributed by atoms with van der Waals surface area (Å²) in [6, 6.07) is 34.3. The zero-order valence-electron chi connectivity index (χ0n) is 13.7. The van der Waals surface area contributed by atoms with Gasteiger partial charge in [0.1, 0.15) is 0 Å². The first-order valence-electron chi connectivity index (χ1n) is 8.55. The van der Waals surface area contributed by atoms with Crippen LogP contribution in [0.4, 0.5) is 0 Å². The van der Waals surface area contributed by atoms with E-state index < -0.39 is 0 Å². The van der Waals surface area contributed by atoms with Crippen LogP contribution < -0.4 is 0 Å². The van der Waals surface area contributed by atoms with Gasteiger partial charge in [0.15, 0.2) is 0 Å². The first kappa shape index (κ1) is 14.1. The van der Waals surface area contributed by atoms with Crippen molar-refractivity contribution in [2.45, 2.75) is 0 Å². The van der Waals surface area contributed by atoms with E-state index in [-0.39, 0.29) is 0 Å². The zero-order chi connectivity index (χ0) is 16.6. The molecule has 1 N–H and O–H groups in total. The lowest BCUT2D eigenvalue weighted by Gasteiger charge is -2.05. The fraction of sp³-hybridized carbons (Fsp3) is 0. The zero-order valence-corrected chi connectivity index (χ0v) is 13.7. The van der Waals surface area contributed by atoms with Gasteiger partial charge in [0.05, 0.1) is 0 Å². The minimum absolute atomic E-state index is 1.17. The molecule has 5 rings (SSSR count). The van der Waals surface area contributed by atoms with E-state index >= 15 is 0 Å². The molecule has 118 valence electrons. The molecule has 0 saturated heterocycles. The largest absolute Gasteiger partial charge is 0.354 e.